The number of anilines is 1. The maximum absolute atomic E-state index is 13.1. The fourth-order valence-corrected chi connectivity index (χ4v) is 3.44. The van der Waals surface area contributed by atoms with E-state index in [0.29, 0.717) is 33.2 Å². The lowest BCUT2D eigenvalue weighted by Crippen LogP contribution is -2.30. The third kappa shape index (κ3) is 6.46. The molecule has 6 nitrogen and oxygen atoms in total. The smallest absolute Gasteiger partial charge is 0.272 e. The highest BCUT2D eigenvalue weighted by molar-refractivity contribution is 6.32. The van der Waals surface area contributed by atoms with Crippen LogP contribution >= 0.6 is 11.6 Å². The molecule has 7 heteroatoms. The van der Waals surface area contributed by atoms with Gasteiger partial charge in [-0.1, -0.05) is 48.0 Å². The summed E-state index contributed by atoms with van der Waals surface area (Å²) in [6.07, 6.45) is 6.03. The van der Waals surface area contributed by atoms with Gasteiger partial charge in [0, 0.05) is 21.8 Å². The zero-order valence-corrected chi connectivity index (χ0v) is 19.7. The van der Waals surface area contributed by atoms with Gasteiger partial charge in [-0.15, -0.1) is 0 Å². The zero-order chi connectivity index (χ0) is 25.3. The van der Waals surface area contributed by atoms with E-state index in [4.69, 9.17) is 16.0 Å². The van der Waals surface area contributed by atoms with E-state index in [1.54, 1.807) is 97.1 Å². The van der Waals surface area contributed by atoms with E-state index in [1.165, 1.54) is 18.4 Å². The fourth-order valence-electron chi connectivity index (χ4n) is 3.25. The van der Waals surface area contributed by atoms with Gasteiger partial charge in [-0.05, 0) is 78.4 Å². The maximum Gasteiger partial charge on any atom is 0.272 e. The zero-order valence-electron chi connectivity index (χ0n) is 19.0. The molecule has 0 unspecified atom stereocenters. The molecule has 0 aliphatic heterocycles. The molecule has 178 valence electrons. The maximum atomic E-state index is 13.1. The van der Waals surface area contributed by atoms with Crippen LogP contribution in [0.1, 0.15) is 32.0 Å². The van der Waals surface area contributed by atoms with Crippen LogP contribution in [0.15, 0.2) is 113 Å². The highest BCUT2D eigenvalue weighted by Gasteiger charge is 2.16. The number of rotatable bonds is 8. The molecule has 0 radical (unpaired) electrons. The summed E-state index contributed by atoms with van der Waals surface area (Å²) in [5, 5.41) is 5.85. The van der Waals surface area contributed by atoms with Crippen LogP contribution < -0.4 is 10.6 Å². The summed E-state index contributed by atoms with van der Waals surface area (Å²) in [6.45, 7) is 0. The summed E-state index contributed by atoms with van der Waals surface area (Å²) in [5.74, 6) is -0.620. The van der Waals surface area contributed by atoms with E-state index < -0.39 is 11.8 Å². The van der Waals surface area contributed by atoms with Crippen molar-refractivity contribution in [3.8, 4) is 0 Å². The predicted molar refractivity (Wildman–Crippen MR) is 140 cm³/mol. The van der Waals surface area contributed by atoms with Crippen molar-refractivity contribution < 1.29 is 18.8 Å². The molecule has 36 heavy (non-hydrogen) atoms. The number of ketones is 1. The molecule has 0 fully saturated rings. The van der Waals surface area contributed by atoms with E-state index in [2.05, 4.69) is 10.6 Å². The number of hydrogen-bond acceptors (Lipinski definition) is 4. The van der Waals surface area contributed by atoms with Crippen LogP contribution in [0.4, 0.5) is 5.69 Å². The monoisotopic (exact) mass is 496 g/mol. The second-order valence-corrected chi connectivity index (χ2v) is 8.05. The molecule has 2 amide bonds. The van der Waals surface area contributed by atoms with Crippen molar-refractivity contribution in [2.24, 2.45) is 0 Å². The van der Waals surface area contributed by atoms with E-state index in [0.717, 1.165) is 0 Å². The van der Waals surface area contributed by atoms with Gasteiger partial charge in [0.15, 0.2) is 5.78 Å². The van der Waals surface area contributed by atoms with E-state index in [1.807, 2.05) is 0 Å². The minimum Gasteiger partial charge on any atom is -0.465 e. The van der Waals surface area contributed by atoms with Gasteiger partial charge in [0.1, 0.15) is 11.5 Å². The average molecular weight is 497 g/mol. The fraction of sp³-hybridized carbons (Fsp3) is 0. The summed E-state index contributed by atoms with van der Waals surface area (Å²) in [5.41, 5.74) is 1.88. The number of furan rings is 1. The molecule has 0 spiro atoms. The van der Waals surface area contributed by atoms with Crippen LogP contribution in [-0.2, 0) is 4.79 Å². The van der Waals surface area contributed by atoms with Crippen LogP contribution in [0.25, 0.3) is 12.2 Å². The first-order chi connectivity index (χ1) is 17.5. The van der Waals surface area contributed by atoms with Crippen LogP contribution in [0.3, 0.4) is 0 Å². The highest BCUT2D eigenvalue weighted by atomic mass is 35.5. The van der Waals surface area contributed by atoms with Gasteiger partial charge in [-0.2, -0.15) is 0 Å². The van der Waals surface area contributed by atoms with Crippen molar-refractivity contribution in [3.63, 3.8) is 0 Å². The Morgan fingerprint density at radius 3 is 2.19 bits per heavy atom. The van der Waals surface area contributed by atoms with Crippen molar-refractivity contribution >= 4 is 47.0 Å². The van der Waals surface area contributed by atoms with E-state index in [9.17, 15) is 14.4 Å². The summed E-state index contributed by atoms with van der Waals surface area (Å²) in [4.78, 5) is 38.2. The van der Waals surface area contributed by atoms with Gasteiger partial charge in [0.05, 0.1) is 6.26 Å². The number of hydrogen-bond donors (Lipinski definition) is 2. The number of benzene rings is 3. The molecule has 0 bridgehead atoms. The minimum absolute atomic E-state index is 0.0125. The number of nitrogens with one attached hydrogen (secondary N) is 2. The summed E-state index contributed by atoms with van der Waals surface area (Å²) in [6, 6.07) is 25.4. The lowest BCUT2D eigenvalue weighted by atomic mass is 10.1. The molecule has 3 aromatic carbocycles. The quantitative estimate of drug-likeness (QED) is 0.223. The standard InChI is InChI=1S/C29H21ClN2O4/c30-25-11-5-4-9-22(25)19-26(32-28(34)21-7-2-1-3-8-21)29(35)31-23-14-12-20(13-15-23)27(33)17-16-24-10-6-18-36-24/h1-19H,(H,31,35)(H,32,34)/b17-16+,26-19-. The highest BCUT2D eigenvalue weighted by Crippen LogP contribution is 2.19. The lowest BCUT2D eigenvalue weighted by molar-refractivity contribution is -0.113. The van der Waals surface area contributed by atoms with Gasteiger partial charge in [0.25, 0.3) is 11.8 Å². The second kappa shape index (κ2) is 11.6. The van der Waals surface area contributed by atoms with Gasteiger partial charge in [-0.3, -0.25) is 14.4 Å². The van der Waals surface area contributed by atoms with Gasteiger partial charge in [-0.25, -0.2) is 0 Å². The first kappa shape index (κ1) is 24.4. The number of amides is 2. The Bertz CT molecular complexity index is 1420. The van der Waals surface area contributed by atoms with Gasteiger partial charge in [0.2, 0.25) is 0 Å². The Labute approximate surface area is 212 Å². The van der Waals surface area contributed by atoms with Crippen molar-refractivity contribution in [2.45, 2.75) is 0 Å². The Morgan fingerprint density at radius 1 is 0.778 bits per heavy atom. The summed E-state index contributed by atoms with van der Waals surface area (Å²) in [7, 11) is 0. The molecule has 0 aliphatic carbocycles. The van der Waals surface area contributed by atoms with Crippen LogP contribution in [0.5, 0.6) is 0 Å². The normalized spacial score (nSPS) is 11.3. The molecule has 0 atom stereocenters. The minimum atomic E-state index is -0.545. The molecule has 2 N–H and O–H groups in total. The molecule has 0 saturated heterocycles. The molecule has 0 aliphatic rings. The first-order valence-electron chi connectivity index (χ1n) is 11.0. The lowest BCUT2D eigenvalue weighted by Gasteiger charge is -2.12. The number of allylic oxidation sites excluding steroid dienone is 1. The molecule has 0 saturated carbocycles. The van der Waals surface area contributed by atoms with Crippen LogP contribution in [0.2, 0.25) is 5.02 Å². The molecular weight excluding hydrogens is 476 g/mol. The van der Waals surface area contributed by atoms with Crippen molar-refractivity contribution in [1.82, 2.24) is 5.32 Å². The SMILES string of the molecule is O=C(Nc1ccc(C(=O)/C=C/c2ccco2)cc1)/C(=C/c1ccccc1Cl)NC(=O)c1ccccc1. The van der Waals surface area contributed by atoms with Crippen molar-refractivity contribution in [3.05, 3.63) is 137 Å². The van der Waals surface area contributed by atoms with E-state index in [-0.39, 0.29) is 11.5 Å². The second-order valence-electron chi connectivity index (χ2n) is 7.64. The molecule has 4 aromatic rings. The van der Waals surface area contributed by atoms with Gasteiger partial charge < -0.3 is 15.1 Å². The van der Waals surface area contributed by atoms with Gasteiger partial charge >= 0.3 is 0 Å². The Morgan fingerprint density at radius 2 is 1.50 bits per heavy atom. The molecule has 1 aromatic heterocycles. The van der Waals surface area contributed by atoms with Crippen LogP contribution in [-0.4, -0.2) is 17.6 Å². The van der Waals surface area contributed by atoms with Crippen LogP contribution in [0, 0.1) is 0 Å². The summed E-state index contributed by atoms with van der Waals surface area (Å²) < 4.78 is 5.18. The number of halogens is 1. The Balaban J connectivity index is 1.51. The third-order valence-corrected chi connectivity index (χ3v) is 5.45. The number of carbonyl (C=O) groups is 3. The largest absolute Gasteiger partial charge is 0.465 e. The predicted octanol–water partition coefficient (Wildman–Crippen LogP) is 6.24. The summed E-state index contributed by atoms with van der Waals surface area (Å²) >= 11 is 6.26. The average Bonchev–Trinajstić information content (AvgIpc) is 3.43. The molecule has 1 heterocycles. The molecular formula is C29H21ClN2O4. The number of carbonyl (C=O) groups excluding carboxylic acids is 3. The Hall–Kier alpha value is -4.68. The first-order valence-corrected chi connectivity index (χ1v) is 11.4. The van der Waals surface area contributed by atoms with Crippen molar-refractivity contribution in [1.29, 1.82) is 0 Å². The third-order valence-electron chi connectivity index (χ3n) is 5.10. The van der Waals surface area contributed by atoms with Crippen molar-refractivity contribution in [2.75, 3.05) is 5.32 Å². The topological polar surface area (TPSA) is 88.4 Å². The Kier molecular flexibility index (Phi) is 7.90. The molecule has 4 rings (SSSR count). The van der Waals surface area contributed by atoms with E-state index >= 15 is 0 Å².